The van der Waals surface area contributed by atoms with Crippen molar-refractivity contribution in [2.24, 2.45) is 0 Å². The highest BCUT2D eigenvalue weighted by atomic mass is 16.5. The van der Waals surface area contributed by atoms with Gasteiger partial charge in [0.25, 0.3) is 0 Å². The van der Waals surface area contributed by atoms with Crippen LogP contribution in [0.5, 0.6) is 11.5 Å². The topological polar surface area (TPSA) is 60.6 Å². The normalized spacial score (nSPS) is 15.9. The smallest absolute Gasteiger partial charge is 0.240 e. The first-order chi connectivity index (χ1) is 14.2. The molecule has 29 heavy (non-hydrogen) atoms. The average Bonchev–Trinajstić information content (AvgIpc) is 3.19. The molecule has 0 fully saturated rings. The maximum absolute atomic E-state index is 5.53. The molecule has 2 aromatic carbocycles. The van der Waals surface area contributed by atoms with Gasteiger partial charge in [0.15, 0.2) is 17.3 Å². The van der Waals surface area contributed by atoms with E-state index in [0.717, 1.165) is 18.4 Å². The zero-order chi connectivity index (χ0) is 20.2. The molecular formula is C23H27N3O3. The number of nitrogens with zero attached hydrogens (tertiary/aromatic N) is 3. The van der Waals surface area contributed by atoms with Gasteiger partial charge in [-0.3, -0.25) is 4.90 Å². The Hall–Kier alpha value is -2.86. The molecular weight excluding hydrogens is 366 g/mol. The Kier molecular flexibility index (Phi) is 5.81. The van der Waals surface area contributed by atoms with E-state index in [1.807, 2.05) is 18.2 Å². The third-order valence-corrected chi connectivity index (χ3v) is 5.57. The second-order valence-electron chi connectivity index (χ2n) is 7.49. The number of methoxy groups -OCH3 is 2. The van der Waals surface area contributed by atoms with Crippen LogP contribution >= 0.6 is 0 Å². The van der Waals surface area contributed by atoms with Crippen molar-refractivity contribution in [2.75, 3.05) is 21.3 Å². The lowest BCUT2D eigenvalue weighted by Gasteiger charge is -2.32. The molecule has 1 heterocycles. The maximum atomic E-state index is 5.53. The molecule has 1 aliphatic carbocycles. The Bertz CT molecular complexity index is 970. The summed E-state index contributed by atoms with van der Waals surface area (Å²) in [7, 11) is 5.39. The molecule has 0 amide bonds. The second-order valence-corrected chi connectivity index (χ2v) is 7.49. The Morgan fingerprint density at radius 3 is 2.76 bits per heavy atom. The molecule has 1 atom stereocenters. The number of hydrogen-bond acceptors (Lipinski definition) is 6. The zero-order valence-electron chi connectivity index (χ0n) is 17.2. The van der Waals surface area contributed by atoms with Crippen LogP contribution in [-0.2, 0) is 19.4 Å². The molecule has 6 heteroatoms. The van der Waals surface area contributed by atoms with Crippen molar-refractivity contribution in [1.82, 2.24) is 15.0 Å². The van der Waals surface area contributed by atoms with Crippen LogP contribution in [0.1, 0.15) is 47.3 Å². The van der Waals surface area contributed by atoms with Gasteiger partial charge in [0.1, 0.15) is 0 Å². The summed E-state index contributed by atoms with van der Waals surface area (Å²) in [4.78, 5) is 6.91. The molecule has 1 aliphatic rings. The molecule has 4 rings (SSSR count). The molecule has 0 aliphatic heterocycles. The second kappa shape index (κ2) is 8.66. The highest BCUT2D eigenvalue weighted by molar-refractivity contribution is 5.43. The van der Waals surface area contributed by atoms with Crippen molar-refractivity contribution in [3.05, 3.63) is 70.9 Å². The van der Waals surface area contributed by atoms with Gasteiger partial charge in [-0.15, -0.1) is 0 Å². The quantitative estimate of drug-likeness (QED) is 0.600. The minimum absolute atomic E-state index is 0.390. The first-order valence-corrected chi connectivity index (χ1v) is 9.98. The van der Waals surface area contributed by atoms with E-state index in [1.54, 1.807) is 14.2 Å². The zero-order valence-corrected chi connectivity index (χ0v) is 17.2. The fourth-order valence-corrected chi connectivity index (χ4v) is 4.11. The van der Waals surface area contributed by atoms with Crippen molar-refractivity contribution < 1.29 is 14.0 Å². The van der Waals surface area contributed by atoms with Crippen LogP contribution < -0.4 is 9.47 Å². The van der Waals surface area contributed by atoms with Gasteiger partial charge in [0.05, 0.1) is 20.8 Å². The van der Waals surface area contributed by atoms with Gasteiger partial charge in [-0.1, -0.05) is 35.5 Å². The fourth-order valence-electron chi connectivity index (χ4n) is 4.11. The van der Waals surface area contributed by atoms with E-state index < -0.39 is 0 Å². The van der Waals surface area contributed by atoms with Crippen LogP contribution in [0, 0.1) is 0 Å². The van der Waals surface area contributed by atoms with Gasteiger partial charge in [-0.25, -0.2) is 0 Å². The summed E-state index contributed by atoms with van der Waals surface area (Å²) in [6.07, 6.45) is 4.11. The molecule has 0 N–H and O–H groups in total. The van der Waals surface area contributed by atoms with Crippen molar-refractivity contribution in [2.45, 2.75) is 38.3 Å². The summed E-state index contributed by atoms with van der Waals surface area (Å²) in [6, 6.07) is 14.9. The van der Waals surface area contributed by atoms with Crippen molar-refractivity contribution in [3.63, 3.8) is 0 Å². The summed E-state index contributed by atoms with van der Waals surface area (Å²) in [6.45, 7) is 0.637. The SMILES string of the molecule is COc1ccc(Cc2noc(CN(C)C3CCCc4ccccc43)n2)cc1OC. The molecule has 0 bridgehead atoms. The predicted molar refractivity (Wildman–Crippen MR) is 110 cm³/mol. The monoisotopic (exact) mass is 393 g/mol. The molecule has 1 aromatic heterocycles. The molecule has 6 nitrogen and oxygen atoms in total. The van der Waals surface area contributed by atoms with E-state index in [-0.39, 0.29) is 0 Å². The van der Waals surface area contributed by atoms with Gasteiger partial charge in [-0.05, 0) is 55.1 Å². The third kappa shape index (κ3) is 4.27. The Labute approximate surface area is 171 Å². The van der Waals surface area contributed by atoms with Gasteiger partial charge >= 0.3 is 0 Å². The molecule has 3 aromatic rings. The average molecular weight is 393 g/mol. The highest BCUT2D eigenvalue weighted by Crippen LogP contribution is 2.34. The van der Waals surface area contributed by atoms with Gasteiger partial charge < -0.3 is 14.0 Å². The summed E-state index contributed by atoms with van der Waals surface area (Å²) < 4.78 is 16.2. The van der Waals surface area contributed by atoms with Crippen LogP contribution in [0.25, 0.3) is 0 Å². The van der Waals surface area contributed by atoms with E-state index in [1.165, 1.54) is 17.5 Å². The first kappa shape index (κ1) is 19.5. The summed E-state index contributed by atoms with van der Waals surface area (Å²) >= 11 is 0. The number of hydrogen-bond donors (Lipinski definition) is 0. The van der Waals surface area contributed by atoms with Gasteiger partial charge in [0, 0.05) is 12.5 Å². The number of rotatable bonds is 7. The first-order valence-electron chi connectivity index (χ1n) is 9.98. The summed E-state index contributed by atoms with van der Waals surface area (Å²) in [5, 5.41) is 4.17. The number of ether oxygens (including phenoxy) is 2. The van der Waals surface area contributed by atoms with Crippen LogP contribution in [0.2, 0.25) is 0 Å². The minimum atomic E-state index is 0.390. The lowest BCUT2D eigenvalue weighted by molar-refractivity contribution is 0.187. The molecule has 0 saturated carbocycles. The van der Waals surface area contributed by atoms with Crippen LogP contribution in [0.15, 0.2) is 47.0 Å². The number of fused-ring (bicyclic) bond motifs is 1. The molecule has 0 saturated heterocycles. The number of aromatic nitrogens is 2. The van der Waals surface area contributed by atoms with Gasteiger partial charge in [0.2, 0.25) is 5.89 Å². The Balaban J connectivity index is 1.43. The molecule has 152 valence electrons. The summed E-state index contributed by atoms with van der Waals surface area (Å²) in [5.74, 6) is 2.72. The van der Waals surface area contributed by atoms with Crippen molar-refractivity contribution in [3.8, 4) is 11.5 Å². The van der Waals surface area contributed by atoms with Crippen LogP contribution in [0.4, 0.5) is 0 Å². The Morgan fingerprint density at radius 1 is 1.10 bits per heavy atom. The van der Waals surface area contributed by atoms with Gasteiger partial charge in [-0.2, -0.15) is 4.98 Å². The van der Waals surface area contributed by atoms with E-state index in [0.29, 0.717) is 42.2 Å². The van der Waals surface area contributed by atoms with Crippen LogP contribution in [0.3, 0.4) is 0 Å². The third-order valence-electron chi connectivity index (χ3n) is 5.57. The van der Waals surface area contributed by atoms with Crippen LogP contribution in [-0.4, -0.2) is 36.3 Å². The lowest BCUT2D eigenvalue weighted by Crippen LogP contribution is -2.27. The molecule has 1 unspecified atom stereocenters. The molecule has 0 radical (unpaired) electrons. The predicted octanol–water partition coefficient (Wildman–Crippen LogP) is 4.19. The highest BCUT2D eigenvalue weighted by Gasteiger charge is 2.24. The van der Waals surface area contributed by atoms with E-state index in [4.69, 9.17) is 14.0 Å². The van der Waals surface area contributed by atoms with E-state index in [9.17, 15) is 0 Å². The molecule has 0 spiro atoms. The fraction of sp³-hybridized carbons (Fsp3) is 0.391. The Morgan fingerprint density at radius 2 is 1.93 bits per heavy atom. The van der Waals surface area contributed by atoms with E-state index in [2.05, 4.69) is 46.4 Å². The summed E-state index contributed by atoms with van der Waals surface area (Å²) in [5.41, 5.74) is 3.92. The number of aryl methyl sites for hydroxylation is 1. The minimum Gasteiger partial charge on any atom is -0.493 e. The maximum Gasteiger partial charge on any atom is 0.240 e. The number of benzene rings is 2. The largest absolute Gasteiger partial charge is 0.493 e. The van der Waals surface area contributed by atoms with E-state index >= 15 is 0 Å². The standard InChI is InChI=1S/C23H27N3O3/c1-26(19-10-6-8-17-7-4-5-9-18(17)19)15-23-24-22(25-29-23)14-16-11-12-20(27-2)21(13-16)28-3/h4-5,7,9,11-13,19H,6,8,10,14-15H2,1-3H3. The van der Waals surface area contributed by atoms with Crippen molar-refractivity contribution in [1.29, 1.82) is 0 Å². The van der Waals surface area contributed by atoms with Crippen molar-refractivity contribution >= 4 is 0 Å². The lowest BCUT2D eigenvalue weighted by atomic mass is 9.87.